The third-order valence-corrected chi connectivity index (χ3v) is 5.26. The molecule has 0 saturated carbocycles. The van der Waals surface area contributed by atoms with Gasteiger partial charge < -0.3 is 20.6 Å². The number of thiophene rings is 1. The minimum atomic E-state index is -0.972. The number of hydrogen-bond donors (Lipinski definition) is 3. The summed E-state index contributed by atoms with van der Waals surface area (Å²) in [7, 11) is 4.16. The van der Waals surface area contributed by atoms with Crippen molar-refractivity contribution in [3.8, 4) is 0 Å². The number of benzene rings is 1. The van der Waals surface area contributed by atoms with Gasteiger partial charge in [0.25, 0.3) is 0 Å². The molecule has 5 nitrogen and oxygen atoms in total. The van der Waals surface area contributed by atoms with E-state index in [-0.39, 0.29) is 30.0 Å². The average Bonchev–Trinajstić information content (AvgIpc) is 3.16. The number of aryl methyl sites for hydroxylation is 1. The molecule has 2 rings (SSSR count). The molecule has 0 aliphatic heterocycles. The Kier molecular flexibility index (Phi) is 10.4. The number of guanidine groups is 1. The van der Waals surface area contributed by atoms with E-state index in [2.05, 4.69) is 65.8 Å². The van der Waals surface area contributed by atoms with Crippen LogP contribution < -0.4 is 10.6 Å². The van der Waals surface area contributed by atoms with Gasteiger partial charge in [0.15, 0.2) is 5.96 Å². The topological polar surface area (TPSA) is 59.9 Å². The number of aliphatic hydroxyl groups is 1. The fourth-order valence-corrected chi connectivity index (χ4v) is 3.60. The summed E-state index contributed by atoms with van der Waals surface area (Å²) in [6, 6.07) is 10.8. The standard InChI is InChI=1S/C21H32N4OS.HI/c1-6-22-20(24-15-21(3,26)18-11-12-27-14-18)23-13-19(25(4)5)17-9-7-16(2)8-10-17;/h7-12,14,19,26H,6,13,15H2,1-5H3,(H2,22,23,24);1H. The summed E-state index contributed by atoms with van der Waals surface area (Å²) >= 11 is 1.58. The van der Waals surface area contributed by atoms with Crippen LogP contribution >= 0.6 is 35.3 Å². The molecule has 28 heavy (non-hydrogen) atoms. The van der Waals surface area contributed by atoms with Gasteiger partial charge in [0.2, 0.25) is 0 Å². The first-order valence-corrected chi connectivity index (χ1v) is 10.3. The lowest BCUT2D eigenvalue weighted by Crippen LogP contribution is -2.42. The molecule has 0 aliphatic rings. The number of halogens is 1. The molecule has 156 valence electrons. The summed E-state index contributed by atoms with van der Waals surface area (Å²) in [5.74, 6) is 0.715. The molecule has 2 unspecified atom stereocenters. The predicted molar refractivity (Wildman–Crippen MR) is 131 cm³/mol. The molecule has 1 aromatic heterocycles. The maximum atomic E-state index is 10.7. The van der Waals surface area contributed by atoms with Crippen LogP contribution in [0.1, 0.15) is 36.6 Å². The Hall–Kier alpha value is -1.16. The van der Waals surface area contributed by atoms with Crippen LogP contribution in [0.2, 0.25) is 0 Å². The van der Waals surface area contributed by atoms with Crippen molar-refractivity contribution in [3.05, 3.63) is 57.8 Å². The Morgan fingerprint density at radius 2 is 1.89 bits per heavy atom. The second-order valence-corrected chi connectivity index (χ2v) is 8.03. The second-order valence-electron chi connectivity index (χ2n) is 7.25. The molecule has 0 bridgehead atoms. The van der Waals surface area contributed by atoms with Crippen LogP contribution in [-0.2, 0) is 5.60 Å². The molecule has 1 heterocycles. The SMILES string of the molecule is CCNC(=NCC(C)(O)c1ccsc1)NCC(c1ccc(C)cc1)N(C)C.I. The molecular formula is C21H33IN4OS. The van der Waals surface area contributed by atoms with Crippen LogP contribution in [0.25, 0.3) is 0 Å². The molecular weight excluding hydrogens is 483 g/mol. The average molecular weight is 516 g/mol. The number of nitrogens with zero attached hydrogens (tertiary/aromatic N) is 2. The molecule has 3 N–H and O–H groups in total. The largest absolute Gasteiger partial charge is 0.383 e. The summed E-state index contributed by atoms with van der Waals surface area (Å²) in [5.41, 5.74) is 2.45. The molecule has 2 aromatic rings. The number of aliphatic imine (C=N–C) groups is 1. The molecule has 7 heteroatoms. The zero-order chi connectivity index (χ0) is 19.9. The maximum Gasteiger partial charge on any atom is 0.191 e. The van der Waals surface area contributed by atoms with Crippen molar-refractivity contribution in [2.45, 2.75) is 32.4 Å². The smallest absolute Gasteiger partial charge is 0.191 e. The number of nitrogens with one attached hydrogen (secondary N) is 2. The molecule has 0 amide bonds. The lowest BCUT2D eigenvalue weighted by Gasteiger charge is -2.26. The number of likely N-dealkylation sites (N-methyl/N-ethyl adjacent to an activating group) is 1. The highest BCUT2D eigenvalue weighted by atomic mass is 127. The highest BCUT2D eigenvalue weighted by Crippen LogP contribution is 2.23. The summed E-state index contributed by atoms with van der Waals surface area (Å²) < 4.78 is 0. The molecule has 0 spiro atoms. The van der Waals surface area contributed by atoms with E-state index in [9.17, 15) is 5.11 Å². The summed E-state index contributed by atoms with van der Waals surface area (Å²) in [4.78, 5) is 6.81. The van der Waals surface area contributed by atoms with Crippen LogP contribution in [0, 0.1) is 6.92 Å². The number of rotatable bonds is 8. The first kappa shape index (κ1) is 24.9. The van der Waals surface area contributed by atoms with Crippen LogP contribution in [0.15, 0.2) is 46.1 Å². The van der Waals surface area contributed by atoms with E-state index in [1.807, 2.05) is 23.8 Å². The molecule has 0 saturated heterocycles. The van der Waals surface area contributed by atoms with Gasteiger partial charge in [0.1, 0.15) is 5.60 Å². The van der Waals surface area contributed by atoms with E-state index < -0.39 is 5.60 Å². The van der Waals surface area contributed by atoms with Crippen LogP contribution in [0.3, 0.4) is 0 Å². The van der Waals surface area contributed by atoms with Crippen molar-refractivity contribution in [3.63, 3.8) is 0 Å². The van der Waals surface area contributed by atoms with Crippen molar-refractivity contribution in [1.29, 1.82) is 0 Å². The third-order valence-electron chi connectivity index (χ3n) is 4.58. The minimum absolute atomic E-state index is 0. The summed E-state index contributed by atoms with van der Waals surface area (Å²) in [6.07, 6.45) is 0. The normalized spacial score (nSPS) is 14.9. The maximum absolute atomic E-state index is 10.7. The zero-order valence-corrected chi connectivity index (χ0v) is 20.5. The van der Waals surface area contributed by atoms with Gasteiger partial charge in [-0.25, -0.2) is 4.99 Å². The predicted octanol–water partition coefficient (Wildman–Crippen LogP) is 3.74. The first-order valence-electron chi connectivity index (χ1n) is 9.33. The molecule has 0 fully saturated rings. The Bertz CT molecular complexity index is 715. The fourth-order valence-electron chi connectivity index (χ4n) is 2.82. The van der Waals surface area contributed by atoms with E-state index in [0.717, 1.165) is 18.7 Å². The summed E-state index contributed by atoms with van der Waals surface area (Å²) in [6.45, 7) is 7.74. The van der Waals surface area contributed by atoms with E-state index in [1.54, 1.807) is 18.3 Å². The molecule has 1 aromatic carbocycles. The fraction of sp³-hybridized carbons (Fsp3) is 0.476. The van der Waals surface area contributed by atoms with E-state index in [0.29, 0.717) is 12.5 Å². The lowest BCUT2D eigenvalue weighted by atomic mass is 10.00. The van der Waals surface area contributed by atoms with Crippen LogP contribution in [0.5, 0.6) is 0 Å². The van der Waals surface area contributed by atoms with Crippen molar-refractivity contribution in [1.82, 2.24) is 15.5 Å². The molecule has 2 atom stereocenters. The molecule has 0 radical (unpaired) electrons. The second kappa shape index (κ2) is 11.7. The van der Waals surface area contributed by atoms with Crippen molar-refractivity contribution in [2.75, 3.05) is 33.7 Å². The van der Waals surface area contributed by atoms with Gasteiger partial charge >= 0.3 is 0 Å². The number of hydrogen-bond acceptors (Lipinski definition) is 4. The Balaban J connectivity index is 0.00000392. The van der Waals surface area contributed by atoms with Gasteiger partial charge in [-0.1, -0.05) is 29.8 Å². The van der Waals surface area contributed by atoms with Crippen LogP contribution in [0.4, 0.5) is 0 Å². The Morgan fingerprint density at radius 3 is 2.43 bits per heavy atom. The van der Waals surface area contributed by atoms with Gasteiger partial charge in [-0.05, 0) is 62.8 Å². The highest BCUT2D eigenvalue weighted by Gasteiger charge is 2.23. The van der Waals surface area contributed by atoms with E-state index in [1.165, 1.54) is 11.1 Å². The summed E-state index contributed by atoms with van der Waals surface area (Å²) in [5, 5.41) is 21.3. The monoisotopic (exact) mass is 516 g/mol. The van der Waals surface area contributed by atoms with Gasteiger partial charge in [-0.2, -0.15) is 11.3 Å². The minimum Gasteiger partial charge on any atom is -0.383 e. The third kappa shape index (κ3) is 7.35. The lowest BCUT2D eigenvalue weighted by molar-refractivity contribution is 0.0677. The Morgan fingerprint density at radius 1 is 1.21 bits per heavy atom. The van der Waals surface area contributed by atoms with Gasteiger partial charge in [0, 0.05) is 13.1 Å². The van der Waals surface area contributed by atoms with E-state index >= 15 is 0 Å². The van der Waals surface area contributed by atoms with Gasteiger partial charge in [0.05, 0.1) is 12.6 Å². The van der Waals surface area contributed by atoms with Gasteiger partial charge in [-0.15, -0.1) is 24.0 Å². The zero-order valence-electron chi connectivity index (χ0n) is 17.4. The molecule has 0 aliphatic carbocycles. The quantitative estimate of drug-likeness (QED) is 0.284. The van der Waals surface area contributed by atoms with E-state index in [4.69, 9.17) is 0 Å². The van der Waals surface area contributed by atoms with Crippen LogP contribution in [-0.4, -0.2) is 49.7 Å². The van der Waals surface area contributed by atoms with Gasteiger partial charge in [-0.3, -0.25) is 0 Å². The van der Waals surface area contributed by atoms with Crippen molar-refractivity contribution in [2.24, 2.45) is 4.99 Å². The highest BCUT2D eigenvalue weighted by molar-refractivity contribution is 14.0. The van der Waals surface area contributed by atoms with Crippen molar-refractivity contribution < 1.29 is 5.11 Å². The Labute approximate surface area is 190 Å². The van der Waals surface area contributed by atoms with Crippen molar-refractivity contribution >= 4 is 41.3 Å². The first-order chi connectivity index (χ1) is 12.8.